The Morgan fingerprint density at radius 1 is 0.833 bits per heavy atom. The van der Waals surface area contributed by atoms with Crippen molar-refractivity contribution in [2.45, 2.75) is 6.10 Å². The van der Waals surface area contributed by atoms with E-state index in [-0.39, 0.29) is 0 Å². The maximum atomic E-state index is 12.3. The Bertz CT molecular complexity index is 783. The van der Waals surface area contributed by atoms with E-state index in [9.17, 15) is 4.79 Å². The standard InChI is InChI=1S/C18H18O6/c1-20-11-8-12-16(15(9-11)23-4)17(24-18(12)19)10-5-6-13(21-2)14(7-10)22-3/h5-9,17H,1-4H3. The van der Waals surface area contributed by atoms with Crippen LogP contribution in [0.2, 0.25) is 0 Å². The van der Waals surface area contributed by atoms with E-state index < -0.39 is 12.1 Å². The zero-order valence-corrected chi connectivity index (χ0v) is 13.9. The van der Waals surface area contributed by atoms with Gasteiger partial charge < -0.3 is 23.7 Å². The van der Waals surface area contributed by atoms with Crippen LogP contribution in [0.5, 0.6) is 23.0 Å². The van der Waals surface area contributed by atoms with E-state index in [4.69, 9.17) is 23.7 Å². The van der Waals surface area contributed by atoms with Gasteiger partial charge in [0.15, 0.2) is 17.6 Å². The molecule has 0 fully saturated rings. The second kappa shape index (κ2) is 6.31. The molecular weight excluding hydrogens is 312 g/mol. The molecule has 3 rings (SSSR count). The van der Waals surface area contributed by atoms with Crippen LogP contribution in [0.3, 0.4) is 0 Å². The van der Waals surface area contributed by atoms with Crippen molar-refractivity contribution >= 4 is 5.97 Å². The molecule has 0 bridgehead atoms. The Kier molecular flexibility index (Phi) is 4.20. The number of benzene rings is 2. The predicted molar refractivity (Wildman–Crippen MR) is 86.4 cm³/mol. The summed E-state index contributed by atoms with van der Waals surface area (Å²) < 4.78 is 26.8. The first-order chi connectivity index (χ1) is 11.6. The van der Waals surface area contributed by atoms with Gasteiger partial charge in [0.05, 0.1) is 39.6 Å². The van der Waals surface area contributed by atoms with Gasteiger partial charge in [0.25, 0.3) is 0 Å². The lowest BCUT2D eigenvalue weighted by atomic mass is 9.97. The highest BCUT2D eigenvalue weighted by Gasteiger charge is 2.36. The number of esters is 1. The Balaban J connectivity index is 2.12. The summed E-state index contributed by atoms with van der Waals surface area (Å²) in [5.41, 5.74) is 1.88. The van der Waals surface area contributed by atoms with E-state index in [2.05, 4.69) is 0 Å². The van der Waals surface area contributed by atoms with E-state index in [0.29, 0.717) is 34.1 Å². The van der Waals surface area contributed by atoms with Crippen molar-refractivity contribution in [2.75, 3.05) is 28.4 Å². The van der Waals surface area contributed by atoms with Crippen LogP contribution >= 0.6 is 0 Å². The fraction of sp³-hybridized carbons (Fsp3) is 0.278. The molecule has 6 nitrogen and oxygen atoms in total. The number of carbonyl (C=O) groups is 1. The number of rotatable bonds is 5. The third-order valence-electron chi connectivity index (χ3n) is 3.99. The molecular formula is C18H18O6. The average Bonchev–Trinajstić information content (AvgIpc) is 2.97. The van der Waals surface area contributed by atoms with E-state index in [1.165, 1.54) is 7.11 Å². The normalized spacial score (nSPS) is 15.5. The SMILES string of the molecule is COc1cc(OC)c2c(c1)C(=O)OC2c1ccc(OC)c(OC)c1. The van der Waals surface area contributed by atoms with Gasteiger partial charge in [-0.25, -0.2) is 4.79 Å². The molecule has 1 unspecified atom stereocenters. The third kappa shape index (κ3) is 2.50. The summed E-state index contributed by atoms with van der Waals surface area (Å²) in [6.07, 6.45) is -0.576. The number of cyclic esters (lactones) is 1. The molecule has 2 aromatic carbocycles. The van der Waals surface area contributed by atoms with Crippen LogP contribution in [0.4, 0.5) is 0 Å². The molecule has 1 atom stereocenters. The second-order valence-electron chi connectivity index (χ2n) is 5.19. The molecule has 1 aliphatic heterocycles. The van der Waals surface area contributed by atoms with E-state index in [0.717, 1.165) is 5.56 Å². The topological polar surface area (TPSA) is 63.2 Å². The van der Waals surface area contributed by atoms with Gasteiger partial charge in [0.2, 0.25) is 0 Å². The summed E-state index contributed by atoms with van der Waals surface area (Å²) in [6, 6.07) is 8.78. The highest BCUT2D eigenvalue weighted by atomic mass is 16.6. The third-order valence-corrected chi connectivity index (χ3v) is 3.99. The van der Waals surface area contributed by atoms with E-state index >= 15 is 0 Å². The lowest BCUT2D eigenvalue weighted by Gasteiger charge is -2.16. The molecule has 0 aromatic heterocycles. The molecule has 0 spiro atoms. The molecule has 126 valence electrons. The summed E-state index contributed by atoms with van der Waals surface area (Å²) in [5, 5.41) is 0. The molecule has 0 amide bonds. The molecule has 2 aromatic rings. The van der Waals surface area contributed by atoms with Gasteiger partial charge in [-0.2, -0.15) is 0 Å². The van der Waals surface area contributed by atoms with Crippen LogP contribution in [-0.4, -0.2) is 34.4 Å². The van der Waals surface area contributed by atoms with Crippen LogP contribution in [0, 0.1) is 0 Å². The minimum atomic E-state index is -0.576. The monoisotopic (exact) mass is 330 g/mol. The molecule has 0 N–H and O–H groups in total. The maximum absolute atomic E-state index is 12.3. The van der Waals surface area contributed by atoms with Crippen molar-refractivity contribution in [3.05, 3.63) is 47.0 Å². The van der Waals surface area contributed by atoms with Crippen molar-refractivity contribution < 1.29 is 28.5 Å². The smallest absolute Gasteiger partial charge is 0.339 e. The summed E-state index contributed by atoms with van der Waals surface area (Å²) in [4.78, 5) is 12.3. The summed E-state index contributed by atoms with van der Waals surface area (Å²) in [5.74, 6) is 1.83. The van der Waals surface area contributed by atoms with Crippen molar-refractivity contribution in [1.82, 2.24) is 0 Å². The zero-order valence-electron chi connectivity index (χ0n) is 13.9. The van der Waals surface area contributed by atoms with Gasteiger partial charge in [0, 0.05) is 11.6 Å². The fourth-order valence-electron chi connectivity index (χ4n) is 2.81. The van der Waals surface area contributed by atoms with Gasteiger partial charge in [-0.1, -0.05) is 6.07 Å². The second-order valence-corrected chi connectivity index (χ2v) is 5.19. The number of hydrogen-bond acceptors (Lipinski definition) is 6. The van der Waals surface area contributed by atoms with Crippen molar-refractivity contribution in [2.24, 2.45) is 0 Å². The van der Waals surface area contributed by atoms with E-state index in [1.54, 1.807) is 45.6 Å². The minimum Gasteiger partial charge on any atom is -0.497 e. The van der Waals surface area contributed by atoms with Crippen LogP contribution < -0.4 is 18.9 Å². The Morgan fingerprint density at radius 2 is 1.54 bits per heavy atom. The first-order valence-corrected chi connectivity index (χ1v) is 7.31. The summed E-state index contributed by atoms with van der Waals surface area (Å²) in [7, 11) is 6.20. The van der Waals surface area contributed by atoms with Crippen LogP contribution in [0.25, 0.3) is 0 Å². The van der Waals surface area contributed by atoms with Gasteiger partial charge >= 0.3 is 5.97 Å². The lowest BCUT2D eigenvalue weighted by molar-refractivity contribution is 0.0453. The first-order valence-electron chi connectivity index (χ1n) is 7.31. The van der Waals surface area contributed by atoms with Crippen LogP contribution in [-0.2, 0) is 4.74 Å². The molecule has 24 heavy (non-hydrogen) atoms. The minimum absolute atomic E-state index is 0.415. The largest absolute Gasteiger partial charge is 0.497 e. The molecule has 1 aliphatic rings. The highest BCUT2D eigenvalue weighted by molar-refractivity contribution is 5.96. The number of fused-ring (bicyclic) bond motifs is 1. The molecule has 0 aliphatic carbocycles. The summed E-state index contributed by atoms with van der Waals surface area (Å²) in [6.45, 7) is 0. The Morgan fingerprint density at radius 3 is 2.17 bits per heavy atom. The summed E-state index contributed by atoms with van der Waals surface area (Å²) >= 11 is 0. The molecule has 0 saturated carbocycles. The van der Waals surface area contributed by atoms with Crippen molar-refractivity contribution in [3.63, 3.8) is 0 Å². The maximum Gasteiger partial charge on any atom is 0.339 e. The number of hydrogen-bond donors (Lipinski definition) is 0. The van der Waals surface area contributed by atoms with Gasteiger partial charge in [0.1, 0.15) is 11.5 Å². The first kappa shape index (κ1) is 16.0. The Hall–Kier alpha value is -2.89. The zero-order chi connectivity index (χ0) is 17.3. The van der Waals surface area contributed by atoms with Gasteiger partial charge in [-0.15, -0.1) is 0 Å². The van der Waals surface area contributed by atoms with Crippen molar-refractivity contribution in [1.29, 1.82) is 0 Å². The van der Waals surface area contributed by atoms with E-state index in [1.807, 2.05) is 6.07 Å². The molecule has 6 heteroatoms. The lowest BCUT2D eigenvalue weighted by Crippen LogP contribution is -2.03. The van der Waals surface area contributed by atoms with Gasteiger partial charge in [-0.3, -0.25) is 0 Å². The highest BCUT2D eigenvalue weighted by Crippen LogP contribution is 2.45. The quantitative estimate of drug-likeness (QED) is 0.786. The molecule has 1 heterocycles. The Labute approximate surface area is 139 Å². The van der Waals surface area contributed by atoms with Crippen molar-refractivity contribution in [3.8, 4) is 23.0 Å². The van der Waals surface area contributed by atoms with Gasteiger partial charge in [-0.05, 0) is 18.2 Å². The van der Waals surface area contributed by atoms with Crippen LogP contribution in [0.1, 0.15) is 27.6 Å². The number of ether oxygens (including phenoxy) is 5. The fourth-order valence-corrected chi connectivity index (χ4v) is 2.81. The van der Waals surface area contributed by atoms with Crippen LogP contribution in [0.15, 0.2) is 30.3 Å². The molecule has 0 radical (unpaired) electrons. The molecule has 0 saturated heterocycles. The number of methoxy groups -OCH3 is 4. The predicted octanol–water partition coefficient (Wildman–Crippen LogP) is 2.98. The number of carbonyl (C=O) groups excluding carboxylic acids is 1. The average molecular weight is 330 g/mol.